The molecule has 2 aromatic rings. The van der Waals surface area contributed by atoms with E-state index >= 15 is 0 Å². The summed E-state index contributed by atoms with van der Waals surface area (Å²) in [5.74, 6) is 1.59. The SMILES string of the molecule is C[Si](C)(Oc1cccc(O)c1)OC(CI)[Si](C)(C)Oc1cccc(O)c1. The van der Waals surface area contributed by atoms with E-state index in [1.807, 2.05) is 25.2 Å². The van der Waals surface area contributed by atoms with Gasteiger partial charge in [0.2, 0.25) is 0 Å². The summed E-state index contributed by atoms with van der Waals surface area (Å²) in [6, 6.07) is 13.6. The molecule has 0 aliphatic heterocycles. The third-order valence-corrected chi connectivity index (χ3v) is 9.80. The molecule has 0 aliphatic carbocycles. The number of aromatic hydroxyl groups is 2. The van der Waals surface area contributed by atoms with Gasteiger partial charge in [0.25, 0.3) is 8.32 Å². The zero-order valence-electron chi connectivity index (χ0n) is 15.4. The van der Waals surface area contributed by atoms with E-state index in [2.05, 4.69) is 35.7 Å². The Morgan fingerprint density at radius 2 is 1.38 bits per heavy atom. The van der Waals surface area contributed by atoms with Crippen LogP contribution < -0.4 is 8.85 Å². The number of hydrogen-bond acceptors (Lipinski definition) is 5. The molecule has 0 heterocycles. The molecule has 8 heteroatoms. The van der Waals surface area contributed by atoms with Gasteiger partial charge in [-0.1, -0.05) is 34.7 Å². The van der Waals surface area contributed by atoms with Crippen LogP contribution in [0.15, 0.2) is 48.5 Å². The van der Waals surface area contributed by atoms with Gasteiger partial charge in [-0.15, -0.1) is 0 Å². The number of hydrogen-bond donors (Lipinski definition) is 2. The van der Waals surface area contributed by atoms with E-state index in [-0.39, 0.29) is 17.2 Å². The third kappa shape index (κ3) is 6.18. The van der Waals surface area contributed by atoms with E-state index in [1.54, 1.807) is 36.4 Å². The fourth-order valence-corrected chi connectivity index (χ4v) is 10.9. The average molecular weight is 504 g/mol. The lowest BCUT2D eigenvalue weighted by molar-refractivity contribution is 0.216. The first kappa shape index (κ1) is 21.1. The van der Waals surface area contributed by atoms with Gasteiger partial charge < -0.3 is 23.5 Å². The van der Waals surface area contributed by atoms with Crippen molar-refractivity contribution in [2.45, 2.75) is 31.9 Å². The van der Waals surface area contributed by atoms with Crippen LogP contribution >= 0.6 is 22.6 Å². The molecule has 1 unspecified atom stereocenters. The summed E-state index contributed by atoms with van der Waals surface area (Å²) in [7, 11) is -4.77. The normalized spacial score (nSPS) is 13.3. The number of rotatable bonds is 8. The maximum absolute atomic E-state index is 9.65. The quantitative estimate of drug-likeness (QED) is 0.307. The molecule has 5 nitrogen and oxygen atoms in total. The maximum atomic E-state index is 9.65. The molecular formula is C18H25IO5Si2. The van der Waals surface area contributed by atoms with Crippen molar-refractivity contribution in [1.82, 2.24) is 0 Å². The van der Waals surface area contributed by atoms with Crippen LogP contribution in [0, 0.1) is 0 Å². The summed E-state index contributed by atoms with van der Waals surface area (Å²) < 4.78 is 19.5. The van der Waals surface area contributed by atoms with Crippen LogP contribution in [0.2, 0.25) is 26.2 Å². The minimum atomic E-state index is -2.50. The van der Waals surface area contributed by atoms with E-state index in [9.17, 15) is 10.2 Å². The smallest absolute Gasteiger partial charge is 0.392 e. The standard InChI is InChI=1S/C18H25IO5Si2/c1-25(2,22-16-9-5-7-14(20)11-16)18(13-19)24-26(3,4)23-17-10-6-8-15(21)12-17/h5-12,18,20-21H,13H2,1-4H3. The predicted molar refractivity (Wildman–Crippen MR) is 116 cm³/mol. The second kappa shape index (κ2) is 8.63. The Kier molecular flexibility index (Phi) is 7.00. The second-order valence-corrected chi connectivity index (χ2v) is 15.1. The molecular weight excluding hydrogens is 479 g/mol. The molecule has 0 bridgehead atoms. The number of benzene rings is 2. The number of phenols is 2. The van der Waals surface area contributed by atoms with Crippen molar-refractivity contribution in [3.05, 3.63) is 48.5 Å². The van der Waals surface area contributed by atoms with Crippen molar-refractivity contribution in [3.63, 3.8) is 0 Å². The highest BCUT2D eigenvalue weighted by Crippen LogP contribution is 2.28. The second-order valence-electron chi connectivity index (χ2n) is 6.96. The number of phenolic OH excluding ortho intramolecular Hbond substituents is 2. The van der Waals surface area contributed by atoms with Crippen LogP contribution in [-0.2, 0) is 4.43 Å². The van der Waals surface area contributed by atoms with Crippen molar-refractivity contribution in [2.75, 3.05) is 4.43 Å². The molecule has 2 rings (SSSR count). The van der Waals surface area contributed by atoms with Crippen molar-refractivity contribution in [2.24, 2.45) is 0 Å². The van der Waals surface area contributed by atoms with Crippen LogP contribution in [0.4, 0.5) is 0 Å². The van der Waals surface area contributed by atoms with E-state index in [4.69, 9.17) is 13.3 Å². The lowest BCUT2D eigenvalue weighted by Crippen LogP contribution is -2.56. The Morgan fingerprint density at radius 3 is 1.85 bits per heavy atom. The van der Waals surface area contributed by atoms with Gasteiger partial charge in [0.1, 0.15) is 23.0 Å². The number of alkyl halides is 1. The summed E-state index contributed by atoms with van der Waals surface area (Å²) in [5.41, 5.74) is -0.0792. The molecule has 142 valence electrons. The minimum Gasteiger partial charge on any atom is -0.541 e. The molecule has 0 saturated carbocycles. The molecule has 1 atom stereocenters. The fourth-order valence-electron chi connectivity index (χ4n) is 2.47. The summed E-state index contributed by atoms with van der Waals surface area (Å²) in [6.45, 7) is 8.16. The Morgan fingerprint density at radius 1 is 0.885 bits per heavy atom. The Labute approximate surface area is 170 Å². The van der Waals surface area contributed by atoms with Gasteiger partial charge in [-0.05, 0) is 50.5 Å². The highest BCUT2D eigenvalue weighted by molar-refractivity contribution is 14.1. The van der Waals surface area contributed by atoms with Gasteiger partial charge in [0.05, 0.1) is 5.73 Å². The average Bonchev–Trinajstić information content (AvgIpc) is 2.51. The Bertz CT molecular complexity index is 739. The van der Waals surface area contributed by atoms with Crippen LogP contribution in [-0.4, -0.2) is 37.2 Å². The van der Waals surface area contributed by atoms with E-state index in [0.717, 1.165) is 4.43 Å². The molecule has 2 N–H and O–H groups in total. The fraction of sp³-hybridized carbons (Fsp3) is 0.333. The van der Waals surface area contributed by atoms with Crippen LogP contribution in [0.25, 0.3) is 0 Å². The molecule has 0 spiro atoms. The van der Waals surface area contributed by atoms with Gasteiger partial charge in [-0.2, -0.15) is 0 Å². The number of halogens is 1. The van der Waals surface area contributed by atoms with E-state index in [0.29, 0.717) is 11.5 Å². The van der Waals surface area contributed by atoms with Gasteiger partial charge in [0.15, 0.2) is 0 Å². The molecule has 0 aromatic heterocycles. The van der Waals surface area contributed by atoms with Crippen molar-refractivity contribution in [1.29, 1.82) is 0 Å². The summed E-state index contributed by atoms with van der Waals surface area (Å²) in [5, 5.41) is 19.3. The summed E-state index contributed by atoms with van der Waals surface area (Å²) in [4.78, 5) is 0. The zero-order valence-corrected chi connectivity index (χ0v) is 19.6. The Hall–Kier alpha value is -1.24. The summed E-state index contributed by atoms with van der Waals surface area (Å²) >= 11 is 2.31. The molecule has 0 amide bonds. The van der Waals surface area contributed by atoms with Crippen LogP contribution in [0.5, 0.6) is 23.0 Å². The molecule has 0 radical (unpaired) electrons. The summed E-state index contributed by atoms with van der Waals surface area (Å²) in [6.07, 6.45) is 0. The first-order chi connectivity index (χ1) is 12.1. The van der Waals surface area contributed by atoms with Crippen LogP contribution in [0.1, 0.15) is 0 Å². The minimum absolute atomic E-state index is 0.0792. The van der Waals surface area contributed by atoms with Crippen LogP contribution in [0.3, 0.4) is 0 Å². The lowest BCUT2D eigenvalue weighted by atomic mass is 10.3. The van der Waals surface area contributed by atoms with Crippen molar-refractivity contribution in [3.8, 4) is 23.0 Å². The lowest BCUT2D eigenvalue weighted by Gasteiger charge is -2.36. The molecule has 26 heavy (non-hydrogen) atoms. The van der Waals surface area contributed by atoms with E-state index in [1.165, 1.54) is 0 Å². The third-order valence-electron chi connectivity index (χ3n) is 3.72. The predicted octanol–water partition coefficient (Wildman–Crippen LogP) is 4.82. The largest absolute Gasteiger partial charge is 0.541 e. The highest BCUT2D eigenvalue weighted by Gasteiger charge is 2.42. The van der Waals surface area contributed by atoms with Gasteiger partial charge in [-0.25, -0.2) is 0 Å². The first-order valence-corrected chi connectivity index (χ1v) is 15.6. The van der Waals surface area contributed by atoms with Crippen molar-refractivity contribution >= 4 is 39.5 Å². The van der Waals surface area contributed by atoms with Gasteiger partial charge in [-0.3, -0.25) is 0 Å². The zero-order chi connectivity index (χ0) is 19.4. The highest BCUT2D eigenvalue weighted by atomic mass is 127. The van der Waals surface area contributed by atoms with E-state index < -0.39 is 16.9 Å². The van der Waals surface area contributed by atoms with Crippen molar-refractivity contribution < 1.29 is 23.5 Å². The molecule has 2 aromatic carbocycles. The molecule has 0 aliphatic rings. The Balaban J connectivity index is 2.10. The monoisotopic (exact) mass is 504 g/mol. The van der Waals surface area contributed by atoms with Gasteiger partial charge in [0, 0.05) is 16.6 Å². The first-order valence-electron chi connectivity index (χ1n) is 8.31. The topological polar surface area (TPSA) is 68.2 Å². The molecule has 0 saturated heterocycles. The van der Waals surface area contributed by atoms with Gasteiger partial charge >= 0.3 is 8.56 Å². The maximum Gasteiger partial charge on any atom is 0.392 e. The molecule has 0 fully saturated rings.